The third-order valence-corrected chi connectivity index (χ3v) is 4.20. The number of amides is 1. The highest BCUT2D eigenvalue weighted by molar-refractivity contribution is 5.96. The highest BCUT2D eigenvalue weighted by Crippen LogP contribution is 2.27. The Kier molecular flexibility index (Phi) is 4.80. The van der Waals surface area contributed by atoms with Crippen molar-refractivity contribution < 1.29 is 14.8 Å². The molecule has 2 rings (SSSR count). The molecule has 8 heteroatoms. The predicted octanol–water partition coefficient (Wildman–Crippen LogP) is 1.45. The fourth-order valence-corrected chi connectivity index (χ4v) is 3.01. The fraction of sp³-hybridized carbons (Fsp3) is 0.714. The standard InChI is InChI=1S/C14H22N4O4/c1-10-11(18(21)22)12(17(2)16-10)13(19)15-9-14(20)7-5-3-4-6-8-14/h20H,3-9H2,1-2H3,(H,15,19). The third kappa shape index (κ3) is 3.44. The molecule has 0 aliphatic heterocycles. The monoisotopic (exact) mass is 310 g/mol. The summed E-state index contributed by atoms with van der Waals surface area (Å²) in [7, 11) is 1.50. The molecule has 1 aromatic rings. The summed E-state index contributed by atoms with van der Waals surface area (Å²) in [6, 6.07) is 0. The van der Waals surface area contributed by atoms with Gasteiger partial charge in [0.1, 0.15) is 5.69 Å². The van der Waals surface area contributed by atoms with Crippen LogP contribution in [0.5, 0.6) is 0 Å². The van der Waals surface area contributed by atoms with E-state index in [9.17, 15) is 20.0 Å². The average molecular weight is 310 g/mol. The van der Waals surface area contributed by atoms with Gasteiger partial charge in [0.2, 0.25) is 5.69 Å². The fourth-order valence-electron chi connectivity index (χ4n) is 3.01. The van der Waals surface area contributed by atoms with Crippen molar-refractivity contribution in [2.75, 3.05) is 6.54 Å². The highest BCUT2D eigenvalue weighted by Gasteiger charge is 2.32. The molecule has 1 saturated carbocycles. The molecule has 1 aromatic heterocycles. The van der Waals surface area contributed by atoms with Gasteiger partial charge in [0.25, 0.3) is 5.91 Å². The first-order chi connectivity index (χ1) is 10.3. The van der Waals surface area contributed by atoms with Gasteiger partial charge in [-0.25, -0.2) is 0 Å². The summed E-state index contributed by atoms with van der Waals surface area (Å²) in [5, 5.41) is 28.2. The quantitative estimate of drug-likeness (QED) is 0.497. The van der Waals surface area contributed by atoms with E-state index < -0.39 is 16.4 Å². The molecular weight excluding hydrogens is 288 g/mol. The van der Waals surface area contributed by atoms with E-state index in [0.29, 0.717) is 12.8 Å². The minimum absolute atomic E-state index is 0.0836. The second kappa shape index (κ2) is 6.43. The lowest BCUT2D eigenvalue weighted by atomic mass is 9.94. The molecule has 1 amide bonds. The van der Waals surface area contributed by atoms with Gasteiger partial charge in [0.05, 0.1) is 10.5 Å². The van der Waals surface area contributed by atoms with E-state index in [0.717, 1.165) is 25.7 Å². The van der Waals surface area contributed by atoms with Crippen LogP contribution in [-0.4, -0.2) is 37.9 Å². The third-order valence-electron chi connectivity index (χ3n) is 4.20. The molecule has 1 fully saturated rings. The number of carbonyl (C=O) groups is 1. The molecule has 22 heavy (non-hydrogen) atoms. The van der Waals surface area contributed by atoms with Gasteiger partial charge >= 0.3 is 5.69 Å². The maximum Gasteiger partial charge on any atom is 0.322 e. The lowest BCUT2D eigenvalue weighted by molar-refractivity contribution is -0.385. The van der Waals surface area contributed by atoms with Crippen LogP contribution in [0.4, 0.5) is 5.69 Å². The number of aromatic nitrogens is 2. The van der Waals surface area contributed by atoms with Crippen LogP contribution in [0.2, 0.25) is 0 Å². The van der Waals surface area contributed by atoms with Crippen LogP contribution in [0, 0.1) is 17.0 Å². The summed E-state index contributed by atoms with van der Waals surface area (Å²) < 4.78 is 1.21. The van der Waals surface area contributed by atoms with Gasteiger partial charge in [0, 0.05) is 13.6 Å². The highest BCUT2D eigenvalue weighted by atomic mass is 16.6. The van der Waals surface area contributed by atoms with E-state index in [1.807, 2.05) is 0 Å². The predicted molar refractivity (Wildman–Crippen MR) is 79.6 cm³/mol. The zero-order chi connectivity index (χ0) is 16.3. The number of hydrogen-bond acceptors (Lipinski definition) is 5. The molecule has 8 nitrogen and oxygen atoms in total. The van der Waals surface area contributed by atoms with E-state index in [-0.39, 0.29) is 23.6 Å². The number of aryl methyl sites for hydroxylation is 2. The second-order valence-corrected chi connectivity index (χ2v) is 5.98. The lowest BCUT2D eigenvalue weighted by Crippen LogP contribution is -2.43. The molecule has 1 heterocycles. The Labute approximate surface area is 128 Å². The normalized spacial score (nSPS) is 17.8. The van der Waals surface area contributed by atoms with E-state index in [1.165, 1.54) is 18.7 Å². The van der Waals surface area contributed by atoms with E-state index in [1.54, 1.807) is 0 Å². The molecule has 0 spiro atoms. The van der Waals surface area contributed by atoms with Gasteiger partial charge in [0.15, 0.2) is 0 Å². The second-order valence-electron chi connectivity index (χ2n) is 5.98. The molecule has 0 aromatic carbocycles. The molecule has 0 saturated heterocycles. The van der Waals surface area contributed by atoms with Crippen LogP contribution in [0.1, 0.15) is 54.7 Å². The number of aliphatic hydroxyl groups is 1. The maximum atomic E-state index is 12.3. The van der Waals surface area contributed by atoms with Crippen LogP contribution in [-0.2, 0) is 7.05 Å². The SMILES string of the molecule is Cc1nn(C)c(C(=O)NCC2(O)CCCCCC2)c1[N+](=O)[O-]. The molecule has 122 valence electrons. The van der Waals surface area contributed by atoms with Crippen molar-refractivity contribution in [3.8, 4) is 0 Å². The summed E-state index contributed by atoms with van der Waals surface area (Å²) >= 11 is 0. The Morgan fingerprint density at radius 1 is 1.41 bits per heavy atom. The molecule has 0 atom stereocenters. The first-order valence-corrected chi connectivity index (χ1v) is 7.53. The number of nitro groups is 1. The van der Waals surface area contributed by atoms with E-state index in [2.05, 4.69) is 10.4 Å². The Morgan fingerprint density at radius 2 is 2.00 bits per heavy atom. The minimum atomic E-state index is -0.922. The van der Waals surface area contributed by atoms with Crippen molar-refractivity contribution in [3.63, 3.8) is 0 Å². The van der Waals surface area contributed by atoms with Crippen molar-refractivity contribution in [3.05, 3.63) is 21.5 Å². The van der Waals surface area contributed by atoms with Crippen LogP contribution in [0.15, 0.2) is 0 Å². The molecule has 1 aliphatic carbocycles. The van der Waals surface area contributed by atoms with E-state index >= 15 is 0 Å². The molecule has 0 bridgehead atoms. The minimum Gasteiger partial charge on any atom is -0.388 e. The Hall–Kier alpha value is -1.96. The van der Waals surface area contributed by atoms with Gasteiger partial charge in [-0.2, -0.15) is 5.10 Å². The average Bonchev–Trinajstić information content (AvgIpc) is 2.60. The molecule has 0 unspecified atom stereocenters. The topological polar surface area (TPSA) is 110 Å². The van der Waals surface area contributed by atoms with Crippen molar-refractivity contribution >= 4 is 11.6 Å². The largest absolute Gasteiger partial charge is 0.388 e. The van der Waals surface area contributed by atoms with Gasteiger partial charge in [-0.15, -0.1) is 0 Å². The molecule has 2 N–H and O–H groups in total. The Morgan fingerprint density at radius 3 is 2.55 bits per heavy atom. The van der Waals surface area contributed by atoms with Crippen LogP contribution in [0.25, 0.3) is 0 Å². The summed E-state index contributed by atoms with van der Waals surface area (Å²) in [6.07, 6.45) is 5.31. The number of nitrogens with one attached hydrogen (secondary N) is 1. The number of hydrogen-bond donors (Lipinski definition) is 2. The van der Waals surface area contributed by atoms with Gasteiger partial charge in [-0.05, 0) is 19.8 Å². The van der Waals surface area contributed by atoms with Gasteiger partial charge in [-0.1, -0.05) is 25.7 Å². The number of carbonyl (C=O) groups excluding carboxylic acids is 1. The smallest absolute Gasteiger partial charge is 0.322 e. The van der Waals surface area contributed by atoms with E-state index in [4.69, 9.17) is 0 Å². The Balaban J connectivity index is 2.11. The first kappa shape index (κ1) is 16.4. The summed E-state index contributed by atoms with van der Waals surface area (Å²) in [4.78, 5) is 22.8. The van der Waals surface area contributed by atoms with Crippen molar-refractivity contribution in [1.29, 1.82) is 0 Å². The zero-order valence-electron chi connectivity index (χ0n) is 13.0. The van der Waals surface area contributed by atoms with Crippen molar-refractivity contribution in [2.24, 2.45) is 7.05 Å². The number of nitrogens with zero attached hydrogens (tertiary/aromatic N) is 3. The maximum absolute atomic E-state index is 12.3. The van der Waals surface area contributed by atoms with Crippen LogP contribution in [0.3, 0.4) is 0 Å². The van der Waals surface area contributed by atoms with Crippen LogP contribution < -0.4 is 5.32 Å². The number of rotatable bonds is 4. The first-order valence-electron chi connectivity index (χ1n) is 7.53. The molecular formula is C14H22N4O4. The van der Waals surface area contributed by atoms with Crippen molar-refractivity contribution in [2.45, 2.75) is 51.0 Å². The summed E-state index contributed by atoms with van der Waals surface area (Å²) in [6.45, 7) is 1.60. The molecule has 1 aliphatic rings. The van der Waals surface area contributed by atoms with Crippen molar-refractivity contribution in [1.82, 2.24) is 15.1 Å². The summed E-state index contributed by atoms with van der Waals surface area (Å²) in [5.74, 6) is -0.576. The van der Waals surface area contributed by atoms with Gasteiger partial charge in [-0.3, -0.25) is 19.6 Å². The van der Waals surface area contributed by atoms with Gasteiger partial charge < -0.3 is 10.4 Å². The molecule has 0 radical (unpaired) electrons. The van der Waals surface area contributed by atoms with Crippen LogP contribution >= 0.6 is 0 Å². The summed E-state index contributed by atoms with van der Waals surface area (Å²) in [5.41, 5.74) is -1.09. The lowest BCUT2D eigenvalue weighted by Gasteiger charge is -2.26. The zero-order valence-corrected chi connectivity index (χ0v) is 13.0. The Bertz CT molecular complexity index is 574.